The molecule has 0 saturated carbocycles. The highest BCUT2D eigenvalue weighted by Gasteiger charge is 2.32. The zero-order valence-electron chi connectivity index (χ0n) is 22.6. The van der Waals surface area contributed by atoms with E-state index in [1.165, 1.54) is 36.3 Å². The molecule has 3 aromatic rings. The standard InChI is InChI=1S/C29H33BrClN3O5S/c1-4-5-16-32-29(36)21(2)33(19-22-10-9-11-23(30)17-22)28(35)20-34(24-14-15-27(39-3)26(31)18-24)40(37,38)25-12-7-6-8-13-25/h6-15,17-18,21H,4-5,16,19-20H2,1-3H3,(H,32,36)/t21-/m1/s1. The number of unbranched alkanes of at least 4 members (excludes halogenated alkanes) is 1. The SMILES string of the molecule is CCCCNC(=O)[C@@H](C)N(Cc1cccc(Br)c1)C(=O)CN(c1ccc(OC)c(Cl)c1)S(=O)(=O)c1ccccc1. The molecule has 0 unspecified atom stereocenters. The zero-order chi connectivity index (χ0) is 29.3. The van der Waals surface area contributed by atoms with Crippen LogP contribution in [0.2, 0.25) is 5.02 Å². The van der Waals surface area contributed by atoms with Gasteiger partial charge in [-0.15, -0.1) is 0 Å². The molecule has 1 N–H and O–H groups in total. The minimum atomic E-state index is -4.18. The van der Waals surface area contributed by atoms with Gasteiger partial charge in [-0.1, -0.05) is 71.2 Å². The van der Waals surface area contributed by atoms with Gasteiger partial charge in [0.1, 0.15) is 18.3 Å². The molecule has 1 atom stereocenters. The lowest BCUT2D eigenvalue weighted by Gasteiger charge is -2.32. The molecule has 0 aromatic heterocycles. The van der Waals surface area contributed by atoms with E-state index in [-0.39, 0.29) is 28.1 Å². The van der Waals surface area contributed by atoms with Crippen molar-refractivity contribution in [2.75, 3.05) is 24.5 Å². The van der Waals surface area contributed by atoms with Gasteiger partial charge in [0.2, 0.25) is 11.8 Å². The van der Waals surface area contributed by atoms with Gasteiger partial charge in [0, 0.05) is 17.6 Å². The molecule has 214 valence electrons. The highest BCUT2D eigenvalue weighted by atomic mass is 79.9. The third kappa shape index (κ3) is 7.99. The summed E-state index contributed by atoms with van der Waals surface area (Å²) in [7, 11) is -2.73. The number of amides is 2. The molecule has 11 heteroatoms. The summed E-state index contributed by atoms with van der Waals surface area (Å²) in [4.78, 5) is 28.4. The number of halogens is 2. The van der Waals surface area contributed by atoms with E-state index in [1.54, 1.807) is 31.2 Å². The summed E-state index contributed by atoms with van der Waals surface area (Å²) in [5.41, 5.74) is 0.964. The van der Waals surface area contributed by atoms with E-state index in [9.17, 15) is 18.0 Å². The lowest BCUT2D eigenvalue weighted by atomic mass is 10.1. The largest absolute Gasteiger partial charge is 0.495 e. The van der Waals surface area contributed by atoms with Gasteiger partial charge in [0.25, 0.3) is 10.0 Å². The van der Waals surface area contributed by atoms with Crippen molar-refractivity contribution in [3.05, 3.63) is 87.9 Å². The van der Waals surface area contributed by atoms with Gasteiger partial charge >= 0.3 is 0 Å². The number of nitrogens with zero attached hydrogens (tertiary/aromatic N) is 2. The van der Waals surface area contributed by atoms with Crippen LogP contribution in [0.1, 0.15) is 32.3 Å². The molecule has 0 heterocycles. The van der Waals surface area contributed by atoms with Crippen molar-refractivity contribution >= 4 is 55.1 Å². The normalized spacial score (nSPS) is 11.9. The Balaban J connectivity index is 2.02. The molecule has 3 aromatic carbocycles. The van der Waals surface area contributed by atoms with E-state index in [0.29, 0.717) is 12.3 Å². The molecular weight excluding hydrogens is 618 g/mol. The number of hydrogen-bond acceptors (Lipinski definition) is 5. The zero-order valence-corrected chi connectivity index (χ0v) is 25.8. The summed E-state index contributed by atoms with van der Waals surface area (Å²) in [6.07, 6.45) is 1.71. The van der Waals surface area contributed by atoms with Crippen molar-refractivity contribution in [2.24, 2.45) is 0 Å². The number of ether oxygens (including phenoxy) is 1. The van der Waals surface area contributed by atoms with Gasteiger partial charge in [0.05, 0.1) is 22.7 Å². The van der Waals surface area contributed by atoms with Crippen LogP contribution in [0.5, 0.6) is 5.75 Å². The van der Waals surface area contributed by atoms with Crippen LogP contribution in [-0.2, 0) is 26.2 Å². The fourth-order valence-corrected chi connectivity index (χ4v) is 6.14. The monoisotopic (exact) mass is 649 g/mol. The number of sulfonamides is 1. The number of methoxy groups -OCH3 is 1. The van der Waals surface area contributed by atoms with Crippen LogP contribution < -0.4 is 14.4 Å². The minimum Gasteiger partial charge on any atom is -0.495 e. The number of rotatable bonds is 13. The molecular formula is C29H33BrClN3O5S. The number of nitrogens with one attached hydrogen (secondary N) is 1. The van der Waals surface area contributed by atoms with Crippen LogP contribution in [0, 0.1) is 0 Å². The lowest BCUT2D eigenvalue weighted by molar-refractivity contribution is -0.139. The average Bonchev–Trinajstić information content (AvgIpc) is 2.94. The number of anilines is 1. The summed E-state index contributed by atoms with van der Waals surface area (Å²) < 4.78 is 34.7. The first-order valence-corrected chi connectivity index (χ1v) is 15.4. The Kier molecular flexibility index (Phi) is 11.4. The van der Waals surface area contributed by atoms with Crippen LogP contribution in [0.3, 0.4) is 0 Å². The molecule has 0 aliphatic heterocycles. The Labute approximate surface area is 249 Å². The summed E-state index contributed by atoms with van der Waals surface area (Å²) >= 11 is 9.79. The van der Waals surface area contributed by atoms with Crippen molar-refractivity contribution in [2.45, 2.75) is 44.2 Å². The lowest BCUT2D eigenvalue weighted by Crippen LogP contribution is -2.51. The fraction of sp³-hybridized carbons (Fsp3) is 0.310. The highest BCUT2D eigenvalue weighted by Crippen LogP contribution is 2.32. The molecule has 0 fully saturated rings. The van der Waals surface area contributed by atoms with Crippen LogP contribution in [-0.4, -0.2) is 51.4 Å². The molecule has 0 saturated heterocycles. The molecule has 0 aliphatic rings. The molecule has 8 nitrogen and oxygen atoms in total. The molecule has 0 bridgehead atoms. The van der Waals surface area contributed by atoms with Crippen molar-refractivity contribution in [1.82, 2.24) is 10.2 Å². The Hall–Kier alpha value is -3.08. The van der Waals surface area contributed by atoms with Crippen molar-refractivity contribution in [3.8, 4) is 5.75 Å². The number of hydrogen-bond donors (Lipinski definition) is 1. The third-order valence-corrected chi connectivity index (χ3v) is 8.85. The van der Waals surface area contributed by atoms with Crippen molar-refractivity contribution in [1.29, 1.82) is 0 Å². The average molecular weight is 651 g/mol. The third-order valence-electron chi connectivity index (χ3n) is 6.27. The van der Waals surface area contributed by atoms with Gasteiger partial charge in [-0.25, -0.2) is 8.42 Å². The van der Waals surface area contributed by atoms with Crippen molar-refractivity contribution < 1.29 is 22.7 Å². The maximum absolute atomic E-state index is 13.9. The van der Waals surface area contributed by atoms with Crippen LogP contribution in [0.25, 0.3) is 0 Å². The van der Waals surface area contributed by atoms with Crippen molar-refractivity contribution in [3.63, 3.8) is 0 Å². The van der Waals surface area contributed by atoms with E-state index in [4.69, 9.17) is 16.3 Å². The van der Waals surface area contributed by atoms with Crippen LogP contribution >= 0.6 is 27.5 Å². The van der Waals surface area contributed by atoms with Gasteiger partial charge < -0.3 is 15.0 Å². The summed E-state index contributed by atoms with van der Waals surface area (Å²) in [6, 6.07) is 18.9. The van der Waals surface area contributed by atoms with E-state index in [0.717, 1.165) is 27.2 Å². The molecule has 40 heavy (non-hydrogen) atoms. The predicted octanol–water partition coefficient (Wildman–Crippen LogP) is 5.64. The smallest absolute Gasteiger partial charge is 0.264 e. The first-order chi connectivity index (χ1) is 19.1. The topological polar surface area (TPSA) is 96.0 Å². The van der Waals surface area contributed by atoms with E-state index in [1.807, 2.05) is 31.2 Å². The summed E-state index contributed by atoms with van der Waals surface area (Å²) in [5.74, 6) is -0.506. The van der Waals surface area contributed by atoms with E-state index >= 15 is 0 Å². The number of benzene rings is 3. The maximum atomic E-state index is 13.9. The van der Waals surface area contributed by atoms with Crippen LogP contribution in [0.4, 0.5) is 5.69 Å². The van der Waals surface area contributed by atoms with Gasteiger partial charge in [-0.2, -0.15) is 0 Å². The molecule has 0 aliphatic carbocycles. The van der Waals surface area contributed by atoms with E-state index in [2.05, 4.69) is 21.2 Å². The summed E-state index contributed by atoms with van der Waals surface area (Å²) in [5, 5.41) is 3.06. The minimum absolute atomic E-state index is 0.0126. The first kappa shape index (κ1) is 31.4. The second kappa shape index (κ2) is 14.5. The fourth-order valence-electron chi connectivity index (χ4n) is 4.01. The number of carbonyl (C=O) groups excluding carboxylic acids is 2. The Bertz CT molecular complexity index is 1420. The summed E-state index contributed by atoms with van der Waals surface area (Å²) in [6.45, 7) is 3.68. The second-order valence-corrected chi connectivity index (χ2v) is 12.3. The molecule has 0 spiro atoms. The predicted molar refractivity (Wildman–Crippen MR) is 161 cm³/mol. The number of carbonyl (C=O) groups is 2. The van der Waals surface area contributed by atoms with Gasteiger partial charge in [-0.05, 0) is 61.4 Å². The molecule has 2 amide bonds. The first-order valence-electron chi connectivity index (χ1n) is 12.8. The van der Waals surface area contributed by atoms with E-state index < -0.39 is 28.5 Å². The maximum Gasteiger partial charge on any atom is 0.264 e. The molecule has 0 radical (unpaired) electrons. The Morgan fingerprint density at radius 2 is 1.77 bits per heavy atom. The Morgan fingerprint density at radius 3 is 2.40 bits per heavy atom. The quantitative estimate of drug-likeness (QED) is 0.242. The Morgan fingerprint density at radius 1 is 1.05 bits per heavy atom. The van der Waals surface area contributed by atoms with Gasteiger partial charge in [0.15, 0.2) is 0 Å². The molecule has 3 rings (SSSR count). The van der Waals surface area contributed by atoms with Gasteiger partial charge in [-0.3, -0.25) is 13.9 Å². The highest BCUT2D eigenvalue weighted by molar-refractivity contribution is 9.10. The second-order valence-electron chi connectivity index (χ2n) is 9.12. The van der Waals surface area contributed by atoms with Crippen LogP contribution in [0.15, 0.2) is 82.2 Å².